The molecule has 0 spiro atoms. The molecule has 1 rings (SSSR count). The maximum absolute atomic E-state index is 3.62. The lowest BCUT2D eigenvalue weighted by molar-refractivity contribution is 0.443. The van der Waals surface area contributed by atoms with Crippen molar-refractivity contribution in [1.82, 2.24) is 5.32 Å². The van der Waals surface area contributed by atoms with Gasteiger partial charge in [0, 0.05) is 4.47 Å². The normalized spacial score (nSPS) is 12.7. The molecule has 0 aromatic heterocycles. The van der Waals surface area contributed by atoms with Gasteiger partial charge in [0.05, 0.1) is 0 Å². The fourth-order valence-electron chi connectivity index (χ4n) is 2.03. The maximum Gasteiger partial charge on any atom is 0.0207 e. The molecule has 0 aliphatic carbocycles. The summed E-state index contributed by atoms with van der Waals surface area (Å²) in [5.74, 6) is 0.753. The number of hydrogen-bond donors (Lipinski definition) is 1. The summed E-state index contributed by atoms with van der Waals surface area (Å²) in [7, 11) is 2.04. The Balaban J connectivity index is 2.56. The summed E-state index contributed by atoms with van der Waals surface area (Å²) >= 11 is 3.62. The van der Waals surface area contributed by atoms with Gasteiger partial charge in [-0.15, -0.1) is 0 Å². The average Bonchev–Trinajstić information content (AvgIpc) is 2.29. The molecule has 0 amide bonds. The van der Waals surface area contributed by atoms with Crippen LogP contribution >= 0.6 is 15.9 Å². The first kappa shape index (κ1) is 13.7. The highest BCUT2D eigenvalue weighted by Crippen LogP contribution is 2.21. The number of hydrogen-bond acceptors (Lipinski definition) is 1. The Morgan fingerprint density at radius 2 is 2.06 bits per heavy atom. The van der Waals surface area contributed by atoms with Crippen LogP contribution in [0, 0.1) is 5.92 Å². The zero-order chi connectivity index (χ0) is 11.8. The standard InChI is InChI=1S/C14H22BrN/c1-3-4-7-12(11-16-2)10-13-8-5-6-9-14(13)15/h5-6,8-9,12,16H,3-4,7,10-11H2,1-2H3. The number of halogens is 1. The molecule has 0 aliphatic rings. The van der Waals surface area contributed by atoms with Crippen molar-refractivity contribution in [2.24, 2.45) is 5.92 Å². The summed E-state index contributed by atoms with van der Waals surface area (Å²) in [6.45, 7) is 3.37. The van der Waals surface area contributed by atoms with Gasteiger partial charge in [-0.3, -0.25) is 0 Å². The quantitative estimate of drug-likeness (QED) is 0.797. The fraction of sp³-hybridized carbons (Fsp3) is 0.571. The van der Waals surface area contributed by atoms with Gasteiger partial charge < -0.3 is 5.32 Å². The van der Waals surface area contributed by atoms with Gasteiger partial charge in [0.25, 0.3) is 0 Å². The Kier molecular flexibility index (Phi) is 6.74. The van der Waals surface area contributed by atoms with Crippen molar-refractivity contribution in [3.8, 4) is 0 Å². The molecule has 0 radical (unpaired) electrons. The van der Waals surface area contributed by atoms with Crippen LogP contribution in [0.4, 0.5) is 0 Å². The lowest BCUT2D eigenvalue weighted by atomic mass is 9.94. The molecule has 1 unspecified atom stereocenters. The molecular weight excluding hydrogens is 262 g/mol. The SMILES string of the molecule is CCCCC(CNC)Cc1ccccc1Br. The molecule has 0 saturated heterocycles. The van der Waals surface area contributed by atoms with E-state index in [-0.39, 0.29) is 0 Å². The Morgan fingerprint density at radius 3 is 2.69 bits per heavy atom. The highest BCUT2D eigenvalue weighted by atomic mass is 79.9. The number of unbranched alkanes of at least 4 members (excludes halogenated alkanes) is 1. The van der Waals surface area contributed by atoms with Gasteiger partial charge >= 0.3 is 0 Å². The van der Waals surface area contributed by atoms with Crippen LogP contribution in [-0.2, 0) is 6.42 Å². The van der Waals surface area contributed by atoms with Crippen LogP contribution in [0.15, 0.2) is 28.7 Å². The van der Waals surface area contributed by atoms with Gasteiger partial charge in [0.2, 0.25) is 0 Å². The van der Waals surface area contributed by atoms with Crippen LogP contribution < -0.4 is 5.32 Å². The minimum absolute atomic E-state index is 0.753. The number of nitrogens with one attached hydrogen (secondary N) is 1. The van der Waals surface area contributed by atoms with Crippen LogP contribution in [0.2, 0.25) is 0 Å². The van der Waals surface area contributed by atoms with E-state index in [4.69, 9.17) is 0 Å². The molecule has 1 atom stereocenters. The molecule has 0 saturated carbocycles. The first-order valence-corrected chi connectivity index (χ1v) is 6.95. The summed E-state index contributed by atoms with van der Waals surface area (Å²) < 4.78 is 1.24. The second-order valence-electron chi connectivity index (χ2n) is 4.36. The summed E-state index contributed by atoms with van der Waals surface area (Å²) in [6, 6.07) is 8.55. The molecule has 0 heterocycles. The first-order valence-electron chi connectivity index (χ1n) is 6.16. The predicted octanol–water partition coefficient (Wildman–Crippen LogP) is 4.02. The summed E-state index contributed by atoms with van der Waals surface area (Å²) in [5, 5.41) is 3.30. The van der Waals surface area contributed by atoms with Gasteiger partial charge in [0.15, 0.2) is 0 Å². The molecule has 1 nitrogen and oxygen atoms in total. The molecule has 0 fully saturated rings. The van der Waals surface area contributed by atoms with E-state index in [1.807, 2.05) is 7.05 Å². The highest BCUT2D eigenvalue weighted by molar-refractivity contribution is 9.10. The van der Waals surface area contributed by atoms with Gasteiger partial charge in [-0.05, 0) is 44.0 Å². The summed E-state index contributed by atoms with van der Waals surface area (Å²) in [5.41, 5.74) is 1.43. The third-order valence-electron chi connectivity index (χ3n) is 2.93. The first-order chi connectivity index (χ1) is 7.77. The molecule has 1 N–H and O–H groups in total. The van der Waals surface area contributed by atoms with Crippen LogP contribution in [0.25, 0.3) is 0 Å². The van der Waals surface area contributed by atoms with Crippen molar-refractivity contribution < 1.29 is 0 Å². The van der Waals surface area contributed by atoms with Gasteiger partial charge in [-0.2, -0.15) is 0 Å². The van der Waals surface area contributed by atoms with Crippen molar-refractivity contribution in [2.75, 3.05) is 13.6 Å². The van der Waals surface area contributed by atoms with Gasteiger partial charge in [-0.1, -0.05) is 53.9 Å². The zero-order valence-corrected chi connectivity index (χ0v) is 11.9. The van der Waals surface area contributed by atoms with Crippen molar-refractivity contribution in [3.63, 3.8) is 0 Å². The fourth-order valence-corrected chi connectivity index (χ4v) is 2.48. The molecule has 1 aromatic carbocycles. The van der Waals surface area contributed by atoms with Crippen LogP contribution in [-0.4, -0.2) is 13.6 Å². The van der Waals surface area contributed by atoms with Crippen molar-refractivity contribution >= 4 is 15.9 Å². The summed E-state index contributed by atoms with van der Waals surface area (Å²) in [4.78, 5) is 0. The van der Waals surface area contributed by atoms with Crippen molar-refractivity contribution in [2.45, 2.75) is 32.6 Å². The van der Waals surface area contributed by atoms with Crippen molar-refractivity contribution in [3.05, 3.63) is 34.3 Å². The maximum atomic E-state index is 3.62. The molecule has 0 bridgehead atoms. The van der Waals surface area contributed by atoms with E-state index in [0.29, 0.717) is 0 Å². The number of benzene rings is 1. The smallest absolute Gasteiger partial charge is 0.0207 e. The van der Waals surface area contributed by atoms with Gasteiger partial charge in [0.1, 0.15) is 0 Å². The zero-order valence-electron chi connectivity index (χ0n) is 10.3. The van der Waals surface area contributed by atoms with E-state index in [9.17, 15) is 0 Å². The minimum Gasteiger partial charge on any atom is -0.319 e. The van der Waals surface area contributed by atoms with E-state index in [1.165, 1.54) is 35.7 Å². The van der Waals surface area contributed by atoms with E-state index >= 15 is 0 Å². The molecule has 16 heavy (non-hydrogen) atoms. The molecule has 90 valence electrons. The molecule has 0 aliphatic heterocycles. The molecular formula is C14H22BrN. The van der Waals surface area contributed by atoms with Crippen LogP contribution in [0.1, 0.15) is 31.7 Å². The highest BCUT2D eigenvalue weighted by Gasteiger charge is 2.10. The summed E-state index contributed by atoms with van der Waals surface area (Å²) in [6.07, 6.45) is 5.11. The third-order valence-corrected chi connectivity index (χ3v) is 3.70. The third kappa shape index (κ3) is 4.67. The number of rotatable bonds is 7. The van der Waals surface area contributed by atoms with Gasteiger partial charge in [-0.25, -0.2) is 0 Å². The Bertz CT molecular complexity index is 299. The van der Waals surface area contributed by atoms with Crippen LogP contribution in [0.3, 0.4) is 0 Å². The largest absolute Gasteiger partial charge is 0.319 e. The Hall–Kier alpha value is -0.340. The Labute approximate surface area is 108 Å². The lowest BCUT2D eigenvalue weighted by Gasteiger charge is -2.17. The van der Waals surface area contributed by atoms with E-state index in [2.05, 4.69) is 52.4 Å². The monoisotopic (exact) mass is 283 g/mol. The average molecular weight is 284 g/mol. The van der Waals surface area contributed by atoms with E-state index in [0.717, 1.165) is 12.5 Å². The van der Waals surface area contributed by atoms with E-state index < -0.39 is 0 Å². The lowest BCUT2D eigenvalue weighted by Crippen LogP contribution is -2.20. The van der Waals surface area contributed by atoms with E-state index in [1.54, 1.807) is 0 Å². The van der Waals surface area contributed by atoms with Crippen molar-refractivity contribution in [1.29, 1.82) is 0 Å². The second-order valence-corrected chi connectivity index (χ2v) is 5.22. The second kappa shape index (κ2) is 7.86. The van der Waals surface area contributed by atoms with Crippen LogP contribution in [0.5, 0.6) is 0 Å². The topological polar surface area (TPSA) is 12.0 Å². The molecule has 1 aromatic rings. The Morgan fingerprint density at radius 1 is 1.31 bits per heavy atom. The molecule has 2 heteroatoms. The minimum atomic E-state index is 0.753. The predicted molar refractivity (Wildman–Crippen MR) is 74.8 cm³/mol.